The van der Waals surface area contributed by atoms with Gasteiger partial charge in [0.2, 0.25) is 5.91 Å². The summed E-state index contributed by atoms with van der Waals surface area (Å²) >= 11 is 0. The minimum atomic E-state index is -0.501. The fourth-order valence-corrected chi connectivity index (χ4v) is 4.75. The van der Waals surface area contributed by atoms with Gasteiger partial charge in [-0.3, -0.25) is 4.79 Å². The fourth-order valence-electron chi connectivity index (χ4n) is 4.75. The largest absolute Gasteiger partial charge is 0.352 e. The average Bonchev–Trinajstić information content (AvgIpc) is 2.48. The van der Waals surface area contributed by atoms with Crippen LogP contribution in [0.3, 0.4) is 0 Å². The zero-order chi connectivity index (χ0) is 16.6. The van der Waals surface area contributed by atoms with Crippen LogP contribution >= 0.6 is 0 Å². The number of carbonyl (C=O) groups excluding carboxylic acids is 1. The molecule has 126 valence electrons. The van der Waals surface area contributed by atoms with E-state index in [1.54, 1.807) is 0 Å². The summed E-state index contributed by atoms with van der Waals surface area (Å²) in [6, 6.07) is 8.85. The molecule has 2 aliphatic carbocycles. The quantitative estimate of drug-likeness (QED) is 0.899. The number of benzene rings is 1. The van der Waals surface area contributed by atoms with Crippen molar-refractivity contribution in [2.24, 2.45) is 17.6 Å². The Morgan fingerprint density at radius 1 is 1.17 bits per heavy atom. The van der Waals surface area contributed by atoms with Crippen LogP contribution < -0.4 is 11.1 Å². The number of fused-ring (bicyclic) bond motifs is 2. The molecule has 3 rings (SSSR count). The molecule has 2 saturated carbocycles. The summed E-state index contributed by atoms with van der Waals surface area (Å²) < 4.78 is 0. The van der Waals surface area contributed by atoms with Gasteiger partial charge in [0.1, 0.15) is 0 Å². The van der Waals surface area contributed by atoms with Crippen molar-refractivity contribution in [3.05, 3.63) is 35.4 Å². The Bertz CT molecular complexity index is 567. The molecule has 0 radical (unpaired) electrons. The van der Waals surface area contributed by atoms with Crippen LogP contribution in [0.5, 0.6) is 0 Å². The topological polar surface area (TPSA) is 55.1 Å². The first-order valence-corrected chi connectivity index (χ1v) is 9.02. The molecule has 1 aromatic carbocycles. The Kier molecular flexibility index (Phi) is 4.50. The van der Waals surface area contributed by atoms with Crippen molar-refractivity contribution < 1.29 is 4.79 Å². The molecule has 1 aromatic rings. The van der Waals surface area contributed by atoms with Crippen molar-refractivity contribution >= 4 is 5.91 Å². The van der Waals surface area contributed by atoms with Crippen LogP contribution in [0.15, 0.2) is 24.3 Å². The van der Waals surface area contributed by atoms with E-state index in [1.165, 1.54) is 24.8 Å². The first kappa shape index (κ1) is 16.5. The second-order valence-corrected chi connectivity index (χ2v) is 8.12. The van der Waals surface area contributed by atoms with Gasteiger partial charge in [-0.1, -0.05) is 30.7 Å². The third-order valence-corrected chi connectivity index (χ3v) is 6.06. The highest BCUT2D eigenvalue weighted by Crippen LogP contribution is 2.40. The van der Waals surface area contributed by atoms with Crippen LogP contribution in [0.1, 0.15) is 57.1 Å². The summed E-state index contributed by atoms with van der Waals surface area (Å²) in [4.78, 5) is 13.1. The number of amides is 1. The summed E-state index contributed by atoms with van der Waals surface area (Å²) in [5.41, 5.74) is 8.00. The second-order valence-electron chi connectivity index (χ2n) is 8.12. The van der Waals surface area contributed by atoms with Crippen LogP contribution in [0.2, 0.25) is 0 Å². The summed E-state index contributed by atoms with van der Waals surface area (Å²) in [5.74, 6) is 1.28. The van der Waals surface area contributed by atoms with E-state index in [0.29, 0.717) is 23.9 Å². The lowest BCUT2D eigenvalue weighted by Gasteiger charge is -2.46. The average molecular weight is 314 g/mol. The van der Waals surface area contributed by atoms with Gasteiger partial charge in [0, 0.05) is 12.1 Å². The van der Waals surface area contributed by atoms with E-state index in [4.69, 9.17) is 5.73 Å². The van der Waals surface area contributed by atoms with E-state index < -0.39 is 5.41 Å². The molecular weight excluding hydrogens is 284 g/mol. The number of aryl methyl sites for hydroxylation is 1. The van der Waals surface area contributed by atoms with E-state index in [0.717, 1.165) is 18.4 Å². The Morgan fingerprint density at radius 2 is 1.78 bits per heavy atom. The summed E-state index contributed by atoms with van der Waals surface area (Å²) in [6.07, 6.45) is 5.83. The number of carbonyl (C=O) groups is 1. The monoisotopic (exact) mass is 314 g/mol. The van der Waals surface area contributed by atoms with Crippen molar-refractivity contribution in [1.29, 1.82) is 0 Å². The molecule has 0 spiro atoms. The highest BCUT2D eigenvalue weighted by molar-refractivity contribution is 5.88. The first-order chi connectivity index (χ1) is 10.9. The number of hydrogen-bond acceptors (Lipinski definition) is 2. The zero-order valence-corrected chi connectivity index (χ0v) is 14.6. The molecule has 0 saturated heterocycles. The van der Waals surface area contributed by atoms with Crippen molar-refractivity contribution in [1.82, 2.24) is 5.32 Å². The van der Waals surface area contributed by atoms with Crippen LogP contribution in [-0.2, 0) is 10.2 Å². The van der Waals surface area contributed by atoms with E-state index in [1.807, 2.05) is 26.0 Å². The second kappa shape index (κ2) is 6.27. The van der Waals surface area contributed by atoms with Crippen LogP contribution in [0.4, 0.5) is 0 Å². The molecule has 2 atom stereocenters. The normalized spacial score (nSPS) is 30.8. The summed E-state index contributed by atoms with van der Waals surface area (Å²) in [5, 5.41) is 3.41. The maximum atomic E-state index is 13.1. The SMILES string of the molecule is Cc1ccccc1C(C)(C)C(=O)NC1C2CCCC1CC(N)C2. The van der Waals surface area contributed by atoms with E-state index in [9.17, 15) is 4.79 Å². The summed E-state index contributed by atoms with van der Waals surface area (Å²) in [7, 11) is 0. The maximum Gasteiger partial charge on any atom is 0.230 e. The van der Waals surface area contributed by atoms with Crippen LogP contribution in [0, 0.1) is 18.8 Å². The van der Waals surface area contributed by atoms with Crippen molar-refractivity contribution in [3.8, 4) is 0 Å². The molecule has 2 fully saturated rings. The van der Waals surface area contributed by atoms with Crippen LogP contribution in [-0.4, -0.2) is 18.0 Å². The highest BCUT2D eigenvalue weighted by Gasteiger charge is 2.42. The van der Waals surface area contributed by atoms with Gasteiger partial charge >= 0.3 is 0 Å². The summed E-state index contributed by atoms with van der Waals surface area (Å²) in [6.45, 7) is 6.16. The molecule has 2 aliphatic rings. The van der Waals surface area contributed by atoms with E-state index in [-0.39, 0.29) is 5.91 Å². The fraction of sp³-hybridized carbons (Fsp3) is 0.650. The maximum absolute atomic E-state index is 13.1. The lowest BCUT2D eigenvalue weighted by molar-refractivity contribution is -0.128. The number of rotatable bonds is 3. The number of hydrogen-bond donors (Lipinski definition) is 2. The van der Waals surface area contributed by atoms with Crippen molar-refractivity contribution in [2.45, 2.75) is 70.4 Å². The molecule has 0 heterocycles. The van der Waals surface area contributed by atoms with Gasteiger partial charge in [0.25, 0.3) is 0 Å². The molecule has 2 unspecified atom stereocenters. The standard InChI is InChI=1S/C20H30N2O/c1-13-7-4-5-10-17(13)20(2,3)19(23)22-18-14-8-6-9-15(18)12-16(21)11-14/h4-5,7,10,14-16,18H,6,8-9,11-12,21H2,1-3H3,(H,22,23). The molecule has 3 nitrogen and oxygen atoms in total. The molecule has 0 aliphatic heterocycles. The number of nitrogens with two attached hydrogens (primary N) is 1. The van der Waals surface area contributed by atoms with Gasteiger partial charge in [-0.25, -0.2) is 0 Å². The van der Waals surface area contributed by atoms with Gasteiger partial charge in [-0.05, 0) is 69.4 Å². The zero-order valence-electron chi connectivity index (χ0n) is 14.6. The number of nitrogens with one attached hydrogen (secondary N) is 1. The van der Waals surface area contributed by atoms with Crippen molar-refractivity contribution in [3.63, 3.8) is 0 Å². The van der Waals surface area contributed by atoms with Gasteiger partial charge in [0.05, 0.1) is 5.41 Å². The predicted octanol–water partition coefficient (Wildman–Crippen LogP) is 3.29. The molecular formula is C20H30N2O. The third kappa shape index (κ3) is 3.16. The van der Waals surface area contributed by atoms with Crippen molar-refractivity contribution in [2.75, 3.05) is 0 Å². The molecule has 2 bridgehead atoms. The molecule has 1 amide bonds. The van der Waals surface area contributed by atoms with Crippen LogP contribution in [0.25, 0.3) is 0 Å². The lowest BCUT2D eigenvalue weighted by Crippen LogP contribution is -2.56. The van der Waals surface area contributed by atoms with Gasteiger partial charge < -0.3 is 11.1 Å². The Balaban J connectivity index is 1.77. The van der Waals surface area contributed by atoms with Gasteiger partial charge in [0.15, 0.2) is 0 Å². The van der Waals surface area contributed by atoms with Gasteiger partial charge in [-0.15, -0.1) is 0 Å². The Labute approximate surface area is 140 Å². The minimum Gasteiger partial charge on any atom is -0.352 e. The minimum absolute atomic E-state index is 0.157. The van der Waals surface area contributed by atoms with Gasteiger partial charge in [-0.2, -0.15) is 0 Å². The molecule has 0 aromatic heterocycles. The van der Waals surface area contributed by atoms with E-state index in [2.05, 4.69) is 24.4 Å². The smallest absolute Gasteiger partial charge is 0.230 e. The molecule has 3 heteroatoms. The van der Waals surface area contributed by atoms with E-state index >= 15 is 0 Å². The Morgan fingerprint density at radius 3 is 2.39 bits per heavy atom. The molecule has 23 heavy (non-hydrogen) atoms. The highest BCUT2D eigenvalue weighted by atomic mass is 16.2. The predicted molar refractivity (Wildman–Crippen MR) is 94.2 cm³/mol. The lowest BCUT2D eigenvalue weighted by atomic mass is 9.66. The Hall–Kier alpha value is -1.35. The molecule has 3 N–H and O–H groups in total. The third-order valence-electron chi connectivity index (χ3n) is 6.06. The first-order valence-electron chi connectivity index (χ1n) is 9.02.